The van der Waals surface area contributed by atoms with Crippen molar-refractivity contribution in [3.63, 3.8) is 0 Å². The highest BCUT2D eigenvalue weighted by Crippen LogP contribution is 2.15. The van der Waals surface area contributed by atoms with Crippen LogP contribution in [0.3, 0.4) is 0 Å². The van der Waals surface area contributed by atoms with Crippen LogP contribution in [0, 0.1) is 0 Å². The molecule has 1 saturated heterocycles. The molecule has 3 heteroatoms. The summed E-state index contributed by atoms with van der Waals surface area (Å²) in [6.07, 6.45) is 0.960. The number of aliphatic hydroxyl groups excluding tert-OH is 1. The Kier molecular flexibility index (Phi) is 2.05. The normalized spacial score (nSPS) is 45.0. The molecular weight excluding hydrogens is 118 g/mol. The van der Waals surface area contributed by atoms with Crippen molar-refractivity contribution in [2.75, 3.05) is 0 Å². The molecule has 3 nitrogen and oxygen atoms in total. The van der Waals surface area contributed by atoms with E-state index < -0.39 is 6.29 Å². The zero-order chi connectivity index (χ0) is 6.85. The summed E-state index contributed by atoms with van der Waals surface area (Å²) in [6.45, 7) is 1.88. The maximum atomic E-state index is 8.92. The molecule has 9 heavy (non-hydrogen) atoms. The first-order valence-corrected chi connectivity index (χ1v) is 3.29. The molecule has 0 radical (unpaired) electrons. The molecule has 3 N–H and O–H groups in total. The zero-order valence-electron chi connectivity index (χ0n) is 5.58. The van der Waals surface area contributed by atoms with E-state index in [0.717, 1.165) is 6.42 Å². The highest BCUT2D eigenvalue weighted by molar-refractivity contribution is 4.74. The van der Waals surface area contributed by atoms with Gasteiger partial charge in [-0.2, -0.15) is 0 Å². The van der Waals surface area contributed by atoms with Crippen LogP contribution in [0.5, 0.6) is 0 Å². The molecule has 1 aliphatic rings. The Morgan fingerprint density at radius 2 is 2.22 bits per heavy atom. The lowest BCUT2D eigenvalue weighted by molar-refractivity contribution is -0.162. The smallest absolute Gasteiger partial charge is 0.155 e. The van der Waals surface area contributed by atoms with Gasteiger partial charge in [-0.15, -0.1) is 0 Å². The van der Waals surface area contributed by atoms with E-state index in [4.69, 9.17) is 15.6 Å². The van der Waals surface area contributed by atoms with Crippen molar-refractivity contribution in [2.45, 2.75) is 38.2 Å². The molecule has 0 saturated carbocycles. The van der Waals surface area contributed by atoms with Crippen molar-refractivity contribution in [1.29, 1.82) is 0 Å². The average molecular weight is 131 g/mol. The van der Waals surface area contributed by atoms with Crippen LogP contribution < -0.4 is 5.73 Å². The van der Waals surface area contributed by atoms with Gasteiger partial charge in [-0.25, -0.2) is 0 Å². The summed E-state index contributed by atoms with van der Waals surface area (Å²) < 4.78 is 5.03. The van der Waals surface area contributed by atoms with E-state index in [1.807, 2.05) is 6.92 Å². The van der Waals surface area contributed by atoms with E-state index in [1.54, 1.807) is 0 Å². The first-order chi connectivity index (χ1) is 4.20. The first-order valence-electron chi connectivity index (χ1n) is 3.29. The second-order valence-corrected chi connectivity index (χ2v) is 2.54. The zero-order valence-corrected chi connectivity index (χ0v) is 5.58. The largest absolute Gasteiger partial charge is 0.368 e. The standard InChI is InChI=1S/C6H13NO2/c1-4-5(7)2-3-6(8)9-4/h4-6,8H,2-3,7H2,1H3. The molecule has 0 aromatic carbocycles. The van der Waals surface area contributed by atoms with E-state index >= 15 is 0 Å². The lowest BCUT2D eigenvalue weighted by Gasteiger charge is -2.29. The summed E-state index contributed by atoms with van der Waals surface area (Å²) in [7, 11) is 0. The van der Waals surface area contributed by atoms with Gasteiger partial charge >= 0.3 is 0 Å². The summed E-state index contributed by atoms with van der Waals surface area (Å²) in [6, 6.07) is 0.105. The van der Waals surface area contributed by atoms with Gasteiger partial charge in [0.2, 0.25) is 0 Å². The Balaban J connectivity index is 2.35. The predicted octanol–water partition coefficient (Wildman–Crippen LogP) is -0.169. The van der Waals surface area contributed by atoms with Crippen molar-refractivity contribution in [2.24, 2.45) is 5.73 Å². The van der Waals surface area contributed by atoms with Crippen molar-refractivity contribution >= 4 is 0 Å². The minimum absolute atomic E-state index is 0.00810. The van der Waals surface area contributed by atoms with Crippen molar-refractivity contribution in [3.05, 3.63) is 0 Å². The summed E-state index contributed by atoms with van der Waals surface area (Å²) in [5.41, 5.74) is 5.60. The van der Waals surface area contributed by atoms with E-state index in [0.29, 0.717) is 6.42 Å². The van der Waals surface area contributed by atoms with Gasteiger partial charge in [-0.3, -0.25) is 0 Å². The third-order valence-electron chi connectivity index (χ3n) is 1.72. The van der Waals surface area contributed by atoms with Crippen LogP contribution in [0.4, 0.5) is 0 Å². The third kappa shape index (κ3) is 1.64. The fraction of sp³-hybridized carbons (Fsp3) is 1.00. The van der Waals surface area contributed by atoms with Gasteiger partial charge in [0.1, 0.15) is 0 Å². The Hall–Kier alpha value is -0.120. The number of nitrogens with two attached hydrogens (primary N) is 1. The minimum atomic E-state index is -0.584. The minimum Gasteiger partial charge on any atom is -0.368 e. The Morgan fingerprint density at radius 1 is 1.56 bits per heavy atom. The van der Waals surface area contributed by atoms with Crippen LogP contribution >= 0.6 is 0 Å². The van der Waals surface area contributed by atoms with Crippen molar-refractivity contribution in [1.82, 2.24) is 0 Å². The third-order valence-corrected chi connectivity index (χ3v) is 1.72. The van der Waals surface area contributed by atoms with Gasteiger partial charge in [-0.1, -0.05) is 0 Å². The number of rotatable bonds is 0. The van der Waals surface area contributed by atoms with Crippen molar-refractivity contribution in [3.8, 4) is 0 Å². The SMILES string of the molecule is CC1OC(O)CCC1N. The molecule has 0 aromatic rings. The fourth-order valence-corrected chi connectivity index (χ4v) is 0.986. The Bertz CT molecular complexity index is 97.1. The average Bonchev–Trinajstić information content (AvgIpc) is 1.80. The predicted molar refractivity (Wildman–Crippen MR) is 33.8 cm³/mol. The van der Waals surface area contributed by atoms with Crippen LogP contribution in [-0.4, -0.2) is 23.5 Å². The van der Waals surface area contributed by atoms with Gasteiger partial charge in [0.15, 0.2) is 6.29 Å². The Labute approximate surface area is 54.8 Å². The molecular formula is C6H13NO2. The molecule has 0 aromatic heterocycles. The quantitative estimate of drug-likeness (QED) is 0.480. The van der Waals surface area contributed by atoms with Crippen LogP contribution in [0.25, 0.3) is 0 Å². The lowest BCUT2D eigenvalue weighted by Crippen LogP contribution is -2.42. The summed E-state index contributed by atoms with van der Waals surface area (Å²) in [5, 5.41) is 8.92. The molecule has 0 amide bonds. The molecule has 3 unspecified atom stereocenters. The lowest BCUT2D eigenvalue weighted by atomic mass is 10.0. The van der Waals surface area contributed by atoms with E-state index in [1.165, 1.54) is 0 Å². The van der Waals surface area contributed by atoms with Gasteiger partial charge in [0, 0.05) is 6.04 Å². The molecule has 1 aliphatic heterocycles. The molecule has 3 atom stereocenters. The summed E-state index contributed by atoms with van der Waals surface area (Å²) in [4.78, 5) is 0. The molecule has 0 aliphatic carbocycles. The second-order valence-electron chi connectivity index (χ2n) is 2.54. The van der Waals surface area contributed by atoms with Crippen molar-refractivity contribution < 1.29 is 9.84 Å². The van der Waals surface area contributed by atoms with Gasteiger partial charge in [0.25, 0.3) is 0 Å². The summed E-state index contributed by atoms with van der Waals surface area (Å²) in [5.74, 6) is 0. The van der Waals surface area contributed by atoms with Crippen LogP contribution in [0.15, 0.2) is 0 Å². The summed E-state index contributed by atoms with van der Waals surface area (Å²) >= 11 is 0. The highest BCUT2D eigenvalue weighted by atomic mass is 16.6. The topological polar surface area (TPSA) is 55.5 Å². The van der Waals surface area contributed by atoms with Crippen LogP contribution in [-0.2, 0) is 4.74 Å². The van der Waals surface area contributed by atoms with Crippen LogP contribution in [0.1, 0.15) is 19.8 Å². The molecule has 1 heterocycles. The highest BCUT2D eigenvalue weighted by Gasteiger charge is 2.23. The van der Waals surface area contributed by atoms with E-state index in [2.05, 4.69) is 0 Å². The fourth-order valence-electron chi connectivity index (χ4n) is 0.986. The molecule has 54 valence electrons. The monoisotopic (exact) mass is 131 g/mol. The number of hydrogen-bond acceptors (Lipinski definition) is 3. The molecule has 0 spiro atoms. The maximum absolute atomic E-state index is 8.92. The van der Waals surface area contributed by atoms with Crippen LogP contribution in [0.2, 0.25) is 0 Å². The molecule has 0 bridgehead atoms. The van der Waals surface area contributed by atoms with Gasteiger partial charge in [0.05, 0.1) is 6.10 Å². The first kappa shape index (κ1) is 6.99. The van der Waals surface area contributed by atoms with E-state index in [9.17, 15) is 0 Å². The number of ether oxygens (including phenoxy) is 1. The molecule has 1 fully saturated rings. The van der Waals surface area contributed by atoms with Gasteiger partial charge < -0.3 is 15.6 Å². The number of hydrogen-bond donors (Lipinski definition) is 2. The van der Waals surface area contributed by atoms with E-state index in [-0.39, 0.29) is 12.1 Å². The second kappa shape index (κ2) is 2.64. The maximum Gasteiger partial charge on any atom is 0.155 e. The molecule has 1 rings (SSSR count). The van der Waals surface area contributed by atoms with Gasteiger partial charge in [-0.05, 0) is 19.8 Å². The Morgan fingerprint density at radius 3 is 2.67 bits per heavy atom. The number of aliphatic hydroxyl groups is 1.